The lowest BCUT2D eigenvalue weighted by molar-refractivity contribution is -0.288. The van der Waals surface area contributed by atoms with Gasteiger partial charge in [-0.1, -0.05) is 6.07 Å². The van der Waals surface area contributed by atoms with Gasteiger partial charge in [0, 0.05) is 27.7 Å². The Bertz CT molecular complexity index is 887. The Labute approximate surface area is 189 Å². The van der Waals surface area contributed by atoms with Crippen molar-refractivity contribution in [1.29, 1.82) is 0 Å². The third-order valence-corrected chi connectivity index (χ3v) is 4.45. The van der Waals surface area contributed by atoms with Gasteiger partial charge in [-0.3, -0.25) is 19.2 Å². The van der Waals surface area contributed by atoms with Crippen LogP contribution in [0.5, 0.6) is 5.75 Å². The first-order chi connectivity index (χ1) is 15.5. The Morgan fingerprint density at radius 2 is 1.48 bits per heavy atom. The van der Waals surface area contributed by atoms with Crippen LogP contribution in [0.15, 0.2) is 18.2 Å². The minimum absolute atomic E-state index is 0.119. The molecule has 1 heterocycles. The van der Waals surface area contributed by atoms with Crippen molar-refractivity contribution in [3.8, 4) is 5.75 Å². The third kappa shape index (κ3) is 7.32. The Morgan fingerprint density at radius 3 is 2.00 bits per heavy atom. The van der Waals surface area contributed by atoms with Crippen LogP contribution < -0.4 is 10.5 Å². The van der Waals surface area contributed by atoms with E-state index in [2.05, 4.69) is 0 Å². The van der Waals surface area contributed by atoms with Crippen LogP contribution in [0.2, 0.25) is 0 Å². The standard InChI is InChI=1S/C21H27NO11/c1-10(24)28-9-17-18(29-11(2)25)19(30-12(3)26)20(31-13(4)27)21(33-17)32-16-6-5-14(8-23)7-15(16)22/h5-7,17-21,23H,8-9,22H2,1-4H3/t17-,18+,19+,20-,21-/m1/s1. The number of hydrogen-bond donors (Lipinski definition) is 2. The maximum atomic E-state index is 11.8. The summed E-state index contributed by atoms with van der Waals surface area (Å²) < 4.78 is 32.6. The largest absolute Gasteiger partial charge is 0.463 e. The van der Waals surface area contributed by atoms with Crippen LogP contribution in [-0.4, -0.2) is 66.3 Å². The minimum atomic E-state index is -1.40. The smallest absolute Gasteiger partial charge is 0.303 e. The molecule has 1 fully saturated rings. The molecule has 3 N–H and O–H groups in total. The van der Waals surface area contributed by atoms with Crippen molar-refractivity contribution in [1.82, 2.24) is 0 Å². The summed E-state index contributed by atoms with van der Waals surface area (Å²) in [6.45, 7) is 3.92. The van der Waals surface area contributed by atoms with Crippen LogP contribution in [0.3, 0.4) is 0 Å². The maximum absolute atomic E-state index is 11.8. The zero-order valence-corrected chi connectivity index (χ0v) is 18.6. The number of rotatable bonds is 8. The molecule has 182 valence electrons. The highest BCUT2D eigenvalue weighted by atomic mass is 16.7. The molecule has 2 rings (SSSR count). The van der Waals surface area contributed by atoms with Gasteiger partial charge in [0.15, 0.2) is 12.2 Å². The van der Waals surface area contributed by atoms with E-state index in [1.165, 1.54) is 19.1 Å². The summed E-state index contributed by atoms with van der Waals surface area (Å²) in [6.07, 6.45) is -6.55. The molecule has 5 atom stereocenters. The molecule has 33 heavy (non-hydrogen) atoms. The Kier molecular flexibility index (Phi) is 9.00. The number of ether oxygens (including phenoxy) is 6. The minimum Gasteiger partial charge on any atom is -0.463 e. The molecule has 0 unspecified atom stereocenters. The summed E-state index contributed by atoms with van der Waals surface area (Å²) in [5.74, 6) is -2.76. The van der Waals surface area contributed by atoms with Crippen molar-refractivity contribution >= 4 is 29.6 Å². The summed E-state index contributed by atoms with van der Waals surface area (Å²) >= 11 is 0. The first-order valence-corrected chi connectivity index (χ1v) is 9.98. The van der Waals surface area contributed by atoms with Gasteiger partial charge in [-0.15, -0.1) is 0 Å². The second kappa shape index (κ2) is 11.5. The number of anilines is 1. The topological polar surface area (TPSA) is 170 Å². The molecule has 0 bridgehead atoms. The molecule has 1 aromatic carbocycles. The number of carbonyl (C=O) groups is 4. The van der Waals surface area contributed by atoms with Gasteiger partial charge in [-0.05, 0) is 17.7 Å². The van der Waals surface area contributed by atoms with Crippen LogP contribution in [-0.2, 0) is 49.5 Å². The van der Waals surface area contributed by atoms with Gasteiger partial charge in [0.1, 0.15) is 18.5 Å². The second-order valence-corrected chi connectivity index (χ2v) is 7.22. The zero-order valence-electron chi connectivity index (χ0n) is 18.6. The number of carbonyl (C=O) groups excluding carboxylic acids is 4. The van der Waals surface area contributed by atoms with Crippen LogP contribution in [0, 0.1) is 0 Å². The lowest BCUT2D eigenvalue weighted by Gasteiger charge is -2.44. The van der Waals surface area contributed by atoms with Gasteiger partial charge in [-0.2, -0.15) is 0 Å². The van der Waals surface area contributed by atoms with E-state index in [0.717, 1.165) is 20.8 Å². The van der Waals surface area contributed by atoms with Gasteiger partial charge in [0.2, 0.25) is 12.4 Å². The Hall–Kier alpha value is -3.38. The van der Waals surface area contributed by atoms with E-state index >= 15 is 0 Å². The first-order valence-electron chi connectivity index (χ1n) is 9.98. The predicted molar refractivity (Wildman–Crippen MR) is 109 cm³/mol. The van der Waals surface area contributed by atoms with Gasteiger partial charge in [-0.25, -0.2) is 0 Å². The number of esters is 4. The molecule has 1 aliphatic heterocycles. The van der Waals surface area contributed by atoms with Gasteiger partial charge in [0.05, 0.1) is 12.3 Å². The third-order valence-electron chi connectivity index (χ3n) is 4.45. The number of nitrogen functional groups attached to an aromatic ring is 1. The summed E-state index contributed by atoms with van der Waals surface area (Å²) in [7, 11) is 0. The van der Waals surface area contributed by atoms with E-state index in [1.54, 1.807) is 6.07 Å². The second-order valence-electron chi connectivity index (χ2n) is 7.22. The van der Waals surface area contributed by atoms with E-state index in [1.807, 2.05) is 0 Å². The normalized spacial score (nSPS) is 24.3. The quantitative estimate of drug-likeness (QED) is 0.302. The number of aliphatic hydroxyl groups is 1. The zero-order chi connectivity index (χ0) is 24.7. The van der Waals surface area contributed by atoms with E-state index in [0.29, 0.717) is 5.56 Å². The van der Waals surface area contributed by atoms with E-state index in [9.17, 15) is 24.3 Å². The number of aliphatic hydroxyl groups excluding tert-OH is 1. The molecule has 12 nitrogen and oxygen atoms in total. The van der Waals surface area contributed by atoms with Crippen LogP contribution in [0.4, 0.5) is 5.69 Å². The summed E-state index contributed by atoms with van der Waals surface area (Å²) in [5, 5.41) is 9.26. The molecule has 1 saturated heterocycles. The van der Waals surface area contributed by atoms with Crippen molar-refractivity contribution in [2.75, 3.05) is 12.3 Å². The van der Waals surface area contributed by atoms with Gasteiger partial charge < -0.3 is 39.3 Å². The van der Waals surface area contributed by atoms with Crippen molar-refractivity contribution in [2.24, 2.45) is 0 Å². The highest BCUT2D eigenvalue weighted by Gasteiger charge is 2.53. The maximum Gasteiger partial charge on any atom is 0.303 e. The molecule has 0 saturated carbocycles. The molecule has 1 aliphatic rings. The van der Waals surface area contributed by atoms with Crippen LogP contribution in [0.25, 0.3) is 0 Å². The van der Waals surface area contributed by atoms with E-state index in [-0.39, 0.29) is 24.7 Å². The lowest BCUT2D eigenvalue weighted by Crippen LogP contribution is -2.63. The van der Waals surface area contributed by atoms with Crippen molar-refractivity contribution in [2.45, 2.75) is 65.0 Å². The van der Waals surface area contributed by atoms with E-state index < -0.39 is 54.6 Å². The molecule has 0 radical (unpaired) electrons. The lowest BCUT2D eigenvalue weighted by atomic mass is 9.98. The molecule has 1 aromatic rings. The summed E-state index contributed by atoms with van der Waals surface area (Å²) in [4.78, 5) is 46.7. The molecule has 12 heteroatoms. The highest BCUT2D eigenvalue weighted by Crippen LogP contribution is 2.33. The molecule has 0 spiro atoms. The van der Waals surface area contributed by atoms with Gasteiger partial charge >= 0.3 is 23.9 Å². The Morgan fingerprint density at radius 1 is 0.909 bits per heavy atom. The number of benzene rings is 1. The molecular weight excluding hydrogens is 442 g/mol. The van der Waals surface area contributed by atoms with Crippen molar-refractivity contribution in [3.63, 3.8) is 0 Å². The average Bonchev–Trinajstić information content (AvgIpc) is 2.71. The molecular formula is C21H27NO11. The predicted octanol–water partition coefficient (Wildman–Crippen LogP) is 0.223. The average molecular weight is 469 g/mol. The monoisotopic (exact) mass is 469 g/mol. The van der Waals surface area contributed by atoms with Crippen LogP contribution >= 0.6 is 0 Å². The first kappa shape index (κ1) is 25.9. The fourth-order valence-electron chi connectivity index (χ4n) is 3.21. The van der Waals surface area contributed by atoms with E-state index in [4.69, 9.17) is 34.2 Å². The van der Waals surface area contributed by atoms with Crippen LogP contribution in [0.1, 0.15) is 33.3 Å². The van der Waals surface area contributed by atoms with Crippen molar-refractivity contribution < 1.29 is 52.7 Å². The number of nitrogens with two attached hydrogens (primary N) is 1. The SMILES string of the molecule is CC(=O)OC[C@H]1O[C@@H](Oc2ccc(CO)cc2N)[C@H](OC(C)=O)[C@@H](OC(C)=O)[C@H]1OC(C)=O. The molecule has 0 aliphatic carbocycles. The van der Waals surface area contributed by atoms with Gasteiger partial charge in [0.25, 0.3) is 0 Å². The summed E-state index contributed by atoms with van der Waals surface area (Å²) in [5.41, 5.74) is 6.66. The molecule has 0 aromatic heterocycles. The summed E-state index contributed by atoms with van der Waals surface area (Å²) in [6, 6.07) is 4.49. The molecule has 0 amide bonds. The fourth-order valence-corrected chi connectivity index (χ4v) is 3.21. The highest BCUT2D eigenvalue weighted by molar-refractivity contribution is 5.68. The van der Waals surface area contributed by atoms with Crippen molar-refractivity contribution in [3.05, 3.63) is 23.8 Å². The fraction of sp³-hybridized carbons (Fsp3) is 0.524. The Balaban J connectivity index is 2.47. The number of hydrogen-bond acceptors (Lipinski definition) is 12.